The SMILES string of the molecule is Cc1c(Oc2ccc(O)cc2)c2cccnc2n1Cc1cc(OCC(=O)O)ccc1O. The van der Waals surface area contributed by atoms with Crippen molar-refractivity contribution in [2.45, 2.75) is 13.5 Å². The van der Waals surface area contributed by atoms with Crippen molar-refractivity contribution >= 4 is 17.0 Å². The predicted octanol–water partition coefficient (Wildman–Crippen LogP) is 4.06. The molecule has 8 nitrogen and oxygen atoms in total. The van der Waals surface area contributed by atoms with E-state index in [1.54, 1.807) is 36.5 Å². The van der Waals surface area contributed by atoms with Crippen LogP contribution in [0.3, 0.4) is 0 Å². The minimum absolute atomic E-state index is 0.0564. The van der Waals surface area contributed by atoms with Gasteiger partial charge in [0.2, 0.25) is 0 Å². The Hall–Kier alpha value is -4.20. The molecule has 0 spiro atoms. The summed E-state index contributed by atoms with van der Waals surface area (Å²) in [5.41, 5.74) is 2.01. The molecule has 0 bridgehead atoms. The largest absolute Gasteiger partial charge is 0.508 e. The third-order valence-corrected chi connectivity index (χ3v) is 4.82. The molecule has 2 aromatic heterocycles. The van der Waals surface area contributed by atoms with Gasteiger partial charge in [-0.05, 0) is 61.5 Å². The Morgan fingerprint density at radius 3 is 2.55 bits per heavy atom. The summed E-state index contributed by atoms with van der Waals surface area (Å²) in [6.07, 6.45) is 1.68. The molecule has 0 amide bonds. The first-order valence-electron chi connectivity index (χ1n) is 9.49. The number of carboxylic acid groups (broad SMARTS) is 1. The first-order chi connectivity index (χ1) is 14.9. The molecule has 0 fully saturated rings. The highest BCUT2D eigenvalue weighted by Crippen LogP contribution is 2.36. The van der Waals surface area contributed by atoms with Crippen molar-refractivity contribution in [3.05, 3.63) is 72.1 Å². The van der Waals surface area contributed by atoms with Gasteiger partial charge in [-0.25, -0.2) is 9.78 Å². The van der Waals surface area contributed by atoms with Crippen molar-refractivity contribution in [1.82, 2.24) is 9.55 Å². The number of hydrogen-bond acceptors (Lipinski definition) is 6. The quantitative estimate of drug-likeness (QED) is 0.413. The minimum atomic E-state index is -1.08. The number of phenols is 2. The molecule has 0 aliphatic rings. The van der Waals surface area contributed by atoms with E-state index in [1.165, 1.54) is 12.1 Å². The fourth-order valence-electron chi connectivity index (χ4n) is 3.31. The summed E-state index contributed by atoms with van der Waals surface area (Å²) in [6.45, 7) is 1.69. The van der Waals surface area contributed by atoms with Crippen LogP contribution in [0.15, 0.2) is 60.8 Å². The number of aliphatic carboxylic acids is 1. The van der Waals surface area contributed by atoms with Gasteiger partial charge in [0.25, 0.3) is 0 Å². The zero-order valence-corrected chi connectivity index (χ0v) is 16.6. The van der Waals surface area contributed by atoms with Crippen molar-refractivity contribution in [2.75, 3.05) is 6.61 Å². The fourth-order valence-corrected chi connectivity index (χ4v) is 3.31. The summed E-state index contributed by atoms with van der Waals surface area (Å²) in [5, 5.41) is 29.5. The van der Waals surface area contributed by atoms with Crippen LogP contribution in [-0.2, 0) is 11.3 Å². The number of pyridine rings is 1. The average molecular weight is 420 g/mol. The van der Waals surface area contributed by atoms with Gasteiger partial charge in [-0.1, -0.05) is 0 Å². The highest BCUT2D eigenvalue weighted by molar-refractivity contribution is 5.86. The Kier molecular flexibility index (Phi) is 5.36. The number of aromatic nitrogens is 2. The summed E-state index contributed by atoms with van der Waals surface area (Å²) in [7, 11) is 0. The molecule has 158 valence electrons. The van der Waals surface area contributed by atoms with Crippen LogP contribution in [0.5, 0.6) is 28.7 Å². The van der Waals surface area contributed by atoms with Crippen molar-refractivity contribution in [2.24, 2.45) is 0 Å². The standard InChI is InChI=1S/C23H20N2O6/c1-14-22(31-17-6-4-16(26)5-7-17)19-3-2-10-24-23(19)25(14)12-15-11-18(8-9-20(15)27)30-13-21(28)29/h2-11,26-27H,12-13H2,1H3,(H,28,29). The smallest absolute Gasteiger partial charge is 0.341 e. The van der Waals surface area contributed by atoms with Crippen molar-refractivity contribution in [3.63, 3.8) is 0 Å². The van der Waals surface area contributed by atoms with Gasteiger partial charge < -0.3 is 29.4 Å². The number of carboxylic acids is 1. The second-order valence-electron chi connectivity index (χ2n) is 6.94. The lowest BCUT2D eigenvalue weighted by atomic mass is 10.2. The van der Waals surface area contributed by atoms with Crippen molar-refractivity contribution in [1.29, 1.82) is 0 Å². The third kappa shape index (κ3) is 4.23. The molecular weight excluding hydrogens is 400 g/mol. The first kappa shape index (κ1) is 20.1. The van der Waals surface area contributed by atoms with Gasteiger partial charge in [-0.2, -0.15) is 0 Å². The van der Waals surface area contributed by atoms with E-state index in [0.29, 0.717) is 28.5 Å². The van der Waals surface area contributed by atoms with Crippen LogP contribution >= 0.6 is 0 Å². The van der Waals surface area contributed by atoms with Crippen molar-refractivity contribution < 1.29 is 29.6 Å². The zero-order valence-electron chi connectivity index (χ0n) is 16.6. The van der Waals surface area contributed by atoms with Crippen LogP contribution in [0.4, 0.5) is 0 Å². The highest BCUT2D eigenvalue weighted by Gasteiger charge is 2.18. The van der Waals surface area contributed by atoms with Crippen LogP contribution in [0.1, 0.15) is 11.3 Å². The van der Waals surface area contributed by atoms with E-state index in [0.717, 1.165) is 11.1 Å². The summed E-state index contributed by atoms with van der Waals surface area (Å²) >= 11 is 0. The molecule has 2 aromatic carbocycles. The van der Waals surface area contributed by atoms with Crippen molar-refractivity contribution in [3.8, 4) is 28.7 Å². The molecule has 0 radical (unpaired) electrons. The molecule has 2 heterocycles. The fraction of sp³-hybridized carbons (Fsp3) is 0.130. The highest BCUT2D eigenvalue weighted by atomic mass is 16.5. The van der Waals surface area contributed by atoms with Gasteiger partial charge in [0.05, 0.1) is 17.6 Å². The lowest BCUT2D eigenvalue weighted by Crippen LogP contribution is -2.10. The van der Waals surface area contributed by atoms with Crippen LogP contribution in [0.2, 0.25) is 0 Å². The number of nitrogens with zero attached hydrogens (tertiary/aromatic N) is 2. The maximum Gasteiger partial charge on any atom is 0.341 e. The van der Waals surface area contributed by atoms with Crippen LogP contribution in [0.25, 0.3) is 11.0 Å². The molecule has 0 unspecified atom stereocenters. The van der Waals surface area contributed by atoms with Gasteiger partial charge >= 0.3 is 5.97 Å². The number of ether oxygens (including phenoxy) is 2. The van der Waals surface area contributed by atoms with Gasteiger partial charge in [0.1, 0.15) is 28.6 Å². The first-order valence-corrected chi connectivity index (χ1v) is 9.49. The molecule has 4 rings (SSSR count). The number of benzene rings is 2. The van der Waals surface area contributed by atoms with E-state index >= 15 is 0 Å². The normalized spacial score (nSPS) is 10.9. The van der Waals surface area contributed by atoms with Gasteiger partial charge in [0.15, 0.2) is 12.4 Å². The summed E-state index contributed by atoms with van der Waals surface area (Å²) in [4.78, 5) is 15.2. The second-order valence-corrected chi connectivity index (χ2v) is 6.94. The average Bonchev–Trinajstić information content (AvgIpc) is 3.01. The topological polar surface area (TPSA) is 114 Å². The molecule has 0 aliphatic heterocycles. The number of rotatable bonds is 7. The third-order valence-electron chi connectivity index (χ3n) is 4.82. The number of carbonyl (C=O) groups is 1. The van der Waals surface area contributed by atoms with E-state index < -0.39 is 12.6 Å². The zero-order chi connectivity index (χ0) is 22.0. The molecule has 0 aliphatic carbocycles. The Labute approximate surface area is 177 Å². The molecule has 0 saturated heterocycles. The molecule has 3 N–H and O–H groups in total. The molecular formula is C23H20N2O6. The van der Waals surface area contributed by atoms with Gasteiger partial charge in [0, 0.05) is 11.8 Å². The Balaban J connectivity index is 1.72. The van der Waals surface area contributed by atoms with Crippen LogP contribution in [0, 0.1) is 6.92 Å². The predicted molar refractivity (Wildman–Crippen MR) is 113 cm³/mol. The maximum absolute atomic E-state index is 10.8. The molecule has 4 aromatic rings. The van der Waals surface area contributed by atoms with E-state index in [9.17, 15) is 15.0 Å². The molecule has 0 atom stereocenters. The maximum atomic E-state index is 10.8. The van der Waals surface area contributed by atoms with Crippen LogP contribution in [-0.4, -0.2) is 37.4 Å². The van der Waals surface area contributed by atoms with E-state index in [4.69, 9.17) is 14.6 Å². The lowest BCUT2D eigenvalue weighted by Gasteiger charge is -2.12. The van der Waals surface area contributed by atoms with Crippen LogP contribution < -0.4 is 9.47 Å². The van der Waals surface area contributed by atoms with Gasteiger partial charge in [-0.3, -0.25) is 0 Å². The number of aromatic hydroxyl groups is 2. The molecule has 31 heavy (non-hydrogen) atoms. The number of fused-ring (bicyclic) bond motifs is 1. The molecule has 8 heteroatoms. The van der Waals surface area contributed by atoms with E-state index in [1.807, 2.05) is 23.6 Å². The Morgan fingerprint density at radius 1 is 1.06 bits per heavy atom. The second kappa shape index (κ2) is 8.27. The van der Waals surface area contributed by atoms with E-state index in [2.05, 4.69) is 4.98 Å². The minimum Gasteiger partial charge on any atom is -0.508 e. The summed E-state index contributed by atoms with van der Waals surface area (Å²) in [5.74, 6) is 0.650. The number of hydrogen-bond donors (Lipinski definition) is 3. The monoisotopic (exact) mass is 420 g/mol. The van der Waals surface area contributed by atoms with Gasteiger partial charge in [-0.15, -0.1) is 0 Å². The Bertz CT molecular complexity index is 1250. The summed E-state index contributed by atoms with van der Waals surface area (Å²) < 4.78 is 13.2. The Morgan fingerprint density at radius 2 is 1.81 bits per heavy atom. The van der Waals surface area contributed by atoms with E-state index in [-0.39, 0.29) is 18.0 Å². The number of phenolic OH excluding ortho intramolecular Hbond substituents is 2. The summed E-state index contributed by atoms with van der Waals surface area (Å²) in [6, 6.07) is 14.7. The lowest BCUT2D eigenvalue weighted by molar-refractivity contribution is -0.139. The molecule has 0 saturated carbocycles.